The molecule has 128 valence electrons. The van der Waals surface area contributed by atoms with E-state index in [0.717, 1.165) is 11.1 Å². The number of carbonyl (C=O) groups is 2. The summed E-state index contributed by atoms with van der Waals surface area (Å²) in [4.78, 5) is 24.4. The number of carbonyl (C=O) groups excluding carboxylic acids is 1. The predicted octanol–water partition coefficient (Wildman–Crippen LogP) is 2.89. The Morgan fingerprint density at radius 1 is 1.16 bits per heavy atom. The number of rotatable bonds is 6. The van der Waals surface area contributed by atoms with Gasteiger partial charge in [0.15, 0.2) is 0 Å². The average molecular weight is 337 g/mol. The van der Waals surface area contributed by atoms with E-state index in [4.69, 9.17) is 10.4 Å². The summed E-state index contributed by atoms with van der Waals surface area (Å²) in [5.74, 6) is -0.857. The highest BCUT2D eigenvalue weighted by molar-refractivity contribution is 5.89. The van der Waals surface area contributed by atoms with Crippen molar-refractivity contribution in [2.24, 2.45) is 0 Å². The molecule has 2 amide bonds. The van der Waals surface area contributed by atoms with E-state index in [1.807, 2.05) is 18.2 Å². The standard InChI is InChI=1S/C19H19N3O3/c1-22(19(25)21-17-4-2-3-16(11-17)13-20)10-9-14-5-7-15(8-6-14)12-18(23)24/h2-8,11H,9-10,12H2,1H3,(H,21,25)(H,23,24). The number of nitrogens with zero attached hydrogens (tertiary/aromatic N) is 2. The van der Waals surface area contributed by atoms with Crippen molar-refractivity contribution in [1.82, 2.24) is 4.90 Å². The summed E-state index contributed by atoms with van der Waals surface area (Å²) in [6.07, 6.45) is 0.667. The van der Waals surface area contributed by atoms with Crippen LogP contribution >= 0.6 is 0 Å². The van der Waals surface area contributed by atoms with Crippen LogP contribution in [0.2, 0.25) is 0 Å². The van der Waals surface area contributed by atoms with Crippen molar-refractivity contribution in [1.29, 1.82) is 5.26 Å². The van der Waals surface area contributed by atoms with Crippen LogP contribution in [0.5, 0.6) is 0 Å². The van der Waals surface area contributed by atoms with Gasteiger partial charge in [-0.25, -0.2) is 4.79 Å². The lowest BCUT2D eigenvalue weighted by molar-refractivity contribution is -0.136. The van der Waals surface area contributed by atoms with E-state index in [-0.39, 0.29) is 12.5 Å². The number of likely N-dealkylation sites (N-methyl/N-ethyl adjacent to an activating group) is 1. The molecule has 6 nitrogen and oxygen atoms in total. The lowest BCUT2D eigenvalue weighted by atomic mass is 10.1. The third-order valence-electron chi connectivity index (χ3n) is 3.70. The van der Waals surface area contributed by atoms with E-state index in [0.29, 0.717) is 24.2 Å². The van der Waals surface area contributed by atoms with Crippen molar-refractivity contribution >= 4 is 17.7 Å². The smallest absolute Gasteiger partial charge is 0.321 e. The van der Waals surface area contributed by atoms with Gasteiger partial charge < -0.3 is 15.3 Å². The Balaban J connectivity index is 1.86. The van der Waals surface area contributed by atoms with Crippen LogP contribution in [0, 0.1) is 11.3 Å². The summed E-state index contributed by atoms with van der Waals surface area (Å²) in [7, 11) is 1.70. The third kappa shape index (κ3) is 5.66. The number of hydrogen-bond donors (Lipinski definition) is 2. The van der Waals surface area contributed by atoms with Gasteiger partial charge in [0.25, 0.3) is 0 Å². The Kier molecular flexibility index (Phi) is 6.13. The van der Waals surface area contributed by atoms with Gasteiger partial charge in [0.1, 0.15) is 0 Å². The summed E-state index contributed by atoms with van der Waals surface area (Å²) in [5, 5.41) is 20.4. The highest BCUT2D eigenvalue weighted by Crippen LogP contribution is 2.11. The molecule has 0 aliphatic carbocycles. The first kappa shape index (κ1) is 18.0. The van der Waals surface area contributed by atoms with Gasteiger partial charge in [0.05, 0.1) is 18.1 Å². The number of carboxylic acid groups (broad SMARTS) is 1. The molecule has 0 spiro atoms. The van der Waals surface area contributed by atoms with Crippen molar-refractivity contribution in [3.8, 4) is 6.07 Å². The molecule has 0 saturated carbocycles. The highest BCUT2D eigenvalue weighted by atomic mass is 16.4. The van der Waals surface area contributed by atoms with E-state index in [1.165, 1.54) is 0 Å². The summed E-state index contributed by atoms with van der Waals surface area (Å²) < 4.78 is 0. The van der Waals surface area contributed by atoms with E-state index >= 15 is 0 Å². The van der Waals surface area contributed by atoms with Gasteiger partial charge in [0, 0.05) is 19.3 Å². The normalized spacial score (nSPS) is 9.92. The van der Waals surface area contributed by atoms with Crippen LogP contribution in [0.1, 0.15) is 16.7 Å². The SMILES string of the molecule is CN(CCc1ccc(CC(=O)O)cc1)C(=O)Nc1cccc(C#N)c1. The van der Waals surface area contributed by atoms with E-state index < -0.39 is 5.97 Å². The molecule has 0 saturated heterocycles. The maximum atomic E-state index is 12.2. The van der Waals surface area contributed by atoms with Gasteiger partial charge in [0.2, 0.25) is 0 Å². The zero-order valence-corrected chi connectivity index (χ0v) is 13.9. The van der Waals surface area contributed by atoms with Crippen LogP contribution in [0.25, 0.3) is 0 Å². The first-order chi connectivity index (χ1) is 12.0. The molecular weight excluding hydrogens is 318 g/mol. The number of aliphatic carboxylic acids is 1. The fraction of sp³-hybridized carbons (Fsp3) is 0.211. The summed E-state index contributed by atoms with van der Waals surface area (Å²) >= 11 is 0. The molecule has 2 rings (SSSR count). The van der Waals surface area contributed by atoms with Gasteiger partial charge in [-0.1, -0.05) is 30.3 Å². The molecule has 2 N–H and O–H groups in total. The van der Waals surface area contributed by atoms with Crippen LogP contribution in [0.15, 0.2) is 48.5 Å². The number of hydrogen-bond acceptors (Lipinski definition) is 3. The number of urea groups is 1. The fourth-order valence-electron chi connectivity index (χ4n) is 2.28. The lowest BCUT2D eigenvalue weighted by Crippen LogP contribution is -2.33. The van der Waals surface area contributed by atoms with Crippen molar-refractivity contribution in [2.45, 2.75) is 12.8 Å². The molecule has 0 radical (unpaired) electrons. The molecule has 2 aromatic carbocycles. The topological polar surface area (TPSA) is 93.4 Å². The van der Waals surface area contributed by atoms with Crippen LogP contribution in [-0.2, 0) is 17.6 Å². The molecule has 0 heterocycles. The third-order valence-corrected chi connectivity index (χ3v) is 3.70. The van der Waals surface area contributed by atoms with E-state index in [2.05, 4.69) is 5.32 Å². The Bertz CT molecular complexity index is 794. The average Bonchev–Trinajstić information content (AvgIpc) is 2.60. The number of benzene rings is 2. The monoisotopic (exact) mass is 337 g/mol. The molecular formula is C19H19N3O3. The Morgan fingerprint density at radius 2 is 1.84 bits per heavy atom. The van der Waals surface area contributed by atoms with Crippen molar-refractivity contribution < 1.29 is 14.7 Å². The quantitative estimate of drug-likeness (QED) is 0.847. The molecule has 2 aromatic rings. The molecule has 0 fully saturated rings. The van der Waals surface area contributed by atoms with Gasteiger partial charge in [-0.2, -0.15) is 5.26 Å². The molecule has 0 bridgehead atoms. The molecule has 0 aromatic heterocycles. The molecule has 25 heavy (non-hydrogen) atoms. The largest absolute Gasteiger partial charge is 0.481 e. The summed E-state index contributed by atoms with van der Waals surface area (Å²) in [6.45, 7) is 0.516. The first-order valence-electron chi connectivity index (χ1n) is 7.80. The predicted molar refractivity (Wildman–Crippen MR) is 94.3 cm³/mol. The summed E-state index contributed by atoms with van der Waals surface area (Å²) in [5.41, 5.74) is 2.84. The Hall–Kier alpha value is -3.33. The molecule has 0 unspecified atom stereocenters. The van der Waals surface area contributed by atoms with Crippen LogP contribution in [0.3, 0.4) is 0 Å². The molecule has 0 aliphatic rings. The van der Waals surface area contributed by atoms with E-state index in [9.17, 15) is 9.59 Å². The van der Waals surface area contributed by atoms with Crippen molar-refractivity contribution in [2.75, 3.05) is 18.9 Å². The number of nitriles is 1. The minimum absolute atomic E-state index is 0.00432. The second kappa shape index (κ2) is 8.50. The van der Waals surface area contributed by atoms with Crippen LogP contribution in [0.4, 0.5) is 10.5 Å². The number of nitrogens with one attached hydrogen (secondary N) is 1. The van der Waals surface area contributed by atoms with Crippen LogP contribution in [-0.4, -0.2) is 35.6 Å². The van der Waals surface area contributed by atoms with Gasteiger partial charge in [-0.15, -0.1) is 0 Å². The molecule has 6 heteroatoms. The maximum Gasteiger partial charge on any atom is 0.321 e. The Labute approximate surface area is 146 Å². The van der Waals surface area contributed by atoms with Crippen LogP contribution < -0.4 is 5.32 Å². The zero-order chi connectivity index (χ0) is 18.2. The zero-order valence-electron chi connectivity index (χ0n) is 13.9. The molecule has 0 aliphatic heterocycles. The number of anilines is 1. The minimum atomic E-state index is -0.857. The Morgan fingerprint density at radius 3 is 2.48 bits per heavy atom. The highest BCUT2D eigenvalue weighted by Gasteiger charge is 2.09. The van der Waals surface area contributed by atoms with Crippen molar-refractivity contribution in [3.05, 3.63) is 65.2 Å². The maximum absolute atomic E-state index is 12.2. The van der Waals surface area contributed by atoms with Crippen molar-refractivity contribution in [3.63, 3.8) is 0 Å². The molecule has 0 atom stereocenters. The second-order valence-corrected chi connectivity index (χ2v) is 5.68. The number of carboxylic acids is 1. The lowest BCUT2D eigenvalue weighted by Gasteiger charge is -2.18. The van der Waals surface area contributed by atoms with Gasteiger partial charge >= 0.3 is 12.0 Å². The van der Waals surface area contributed by atoms with Gasteiger partial charge in [-0.3, -0.25) is 4.79 Å². The first-order valence-corrected chi connectivity index (χ1v) is 7.80. The fourth-order valence-corrected chi connectivity index (χ4v) is 2.28. The summed E-state index contributed by atoms with van der Waals surface area (Å²) in [6, 6.07) is 15.8. The number of amides is 2. The van der Waals surface area contributed by atoms with E-state index in [1.54, 1.807) is 48.3 Å². The minimum Gasteiger partial charge on any atom is -0.481 e. The second-order valence-electron chi connectivity index (χ2n) is 5.68. The van der Waals surface area contributed by atoms with Gasteiger partial charge in [-0.05, 0) is 35.7 Å².